The SMILES string of the molecule is CCC(O)CCCNCC(C)(C)CCC#N. The molecule has 0 heterocycles. The van der Waals surface area contributed by atoms with Gasteiger partial charge in [0.2, 0.25) is 0 Å². The first-order chi connectivity index (χ1) is 7.52. The van der Waals surface area contributed by atoms with Gasteiger partial charge < -0.3 is 10.4 Å². The fraction of sp³-hybridized carbons (Fsp3) is 0.923. The quantitative estimate of drug-likeness (QED) is 0.594. The fourth-order valence-electron chi connectivity index (χ4n) is 1.58. The van der Waals surface area contributed by atoms with Gasteiger partial charge >= 0.3 is 0 Å². The number of nitrogens with one attached hydrogen (secondary N) is 1. The van der Waals surface area contributed by atoms with Gasteiger partial charge in [-0.05, 0) is 37.6 Å². The van der Waals surface area contributed by atoms with E-state index in [4.69, 9.17) is 5.26 Å². The average molecular weight is 226 g/mol. The lowest BCUT2D eigenvalue weighted by Gasteiger charge is -2.23. The number of aliphatic hydroxyl groups excluding tert-OH is 1. The van der Waals surface area contributed by atoms with Crippen molar-refractivity contribution in [3.63, 3.8) is 0 Å². The van der Waals surface area contributed by atoms with Crippen molar-refractivity contribution in [1.29, 1.82) is 5.26 Å². The summed E-state index contributed by atoms with van der Waals surface area (Å²) in [4.78, 5) is 0. The second kappa shape index (κ2) is 8.55. The molecule has 2 N–H and O–H groups in total. The van der Waals surface area contributed by atoms with Crippen LogP contribution in [0.3, 0.4) is 0 Å². The molecule has 0 aliphatic heterocycles. The Kier molecular flexibility index (Phi) is 8.23. The Hall–Kier alpha value is -0.590. The molecule has 3 nitrogen and oxygen atoms in total. The van der Waals surface area contributed by atoms with E-state index in [0.29, 0.717) is 6.42 Å². The highest BCUT2D eigenvalue weighted by Crippen LogP contribution is 2.20. The zero-order valence-electron chi connectivity index (χ0n) is 10.9. The van der Waals surface area contributed by atoms with Crippen molar-refractivity contribution in [2.75, 3.05) is 13.1 Å². The van der Waals surface area contributed by atoms with Crippen LogP contribution in [0.1, 0.15) is 52.9 Å². The van der Waals surface area contributed by atoms with E-state index in [2.05, 4.69) is 25.2 Å². The molecule has 0 saturated heterocycles. The minimum absolute atomic E-state index is 0.145. The number of hydrogen-bond acceptors (Lipinski definition) is 3. The number of nitrogens with zero attached hydrogens (tertiary/aromatic N) is 1. The molecular formula is C13H26N2O. The standard InChI is InChI=1S/C13H26N2O/c1-4-12(16)7-5-10-15-11-13(2,3)8-6-9-14/h12,15-16H,4-8,10-11H2,1-3H3. The Morgan fingerprint density at radius 1 is 1.44 bits per heavy atom. The van der Waals surface area contributed by atoms with E-state index >= 15 is 0 Å². The van der Waals surface area contributed by atoms with Crippen LogP contribution < -0.4 is 5.32 Å². The monoisotopic (exact) mass is 226 g/mol. The molecule has 94 valence electrons. The van der Waals surface area contributed by atoms with Crippen molar-refractivity contribution < 1.29 is 5.11 Å². The lowest BCUT2D eigenvalue weighted by molar-refractivity contribution is 0.157. The normalized spacial score (nSPS) is 13.4. The molecule has 1 atom stereocenters. The Bertz CT molecular complexity index is 208. The molecule has 0 saturated carbocycles. The highest BCUT2D eigenvalue weighted by atomic mass is 16.3. The highest BCUT2D eigenvalue weighted by molar-refractivity contribution is 4.78. The molecule has 0 aliphatic carbocycles. The van der Waals surface area contributed by atoms with Crippen LogP contribution in [0.25, 0.3) is 0 Å². The van der Waals surface area contributed by atoms with Gasteiger partial charge in [0.15, 0.2) is 0 Å². The van der Waals surface area contributed by atoms with Gasteiger partial charge in [-0.25, -0.2) is 0 Å². The van der Waals surface area contributed by atoms with E-state index in [1.807, 2.05) is 6.92 Å². The zero-order valence-corrected chi connectivity index (χ0v) is 10.9. The van der Waals surface area contributed by atoms with Gasteiger partial charge in [-0.2, -0.15) is 5.26 Å². The van der Waals surface area contributed by atoms with E-state index in [1.54, 1.807) is 0 Å². The molecule has 1 unspecified atom stereocenters. The third-order valence-corrected chi connectivity index (χ3v) is 2.88. The third-order valence-electron chi connectivity index (χ3n) is 2.88. The molecule has 16 heavy (non-hydrogen) atoms. The predicted octanol–water partition coefficient (Wildman–Crippen LogP) is 2.46. The summed E-state index contributed by atoms with van der Waals surface area (Å²) in [5.41, 5.74) is 0.194. The maximum Gasteiger partial charge on any atom is 0.0621 e. The number of rotatable bonds is 9. The Morgan fingerprint density at radius 3 is 2.69 bits per heavy atom. The smallest absolute Gasteiger partial charge is 0.0621 e. The fourth-order valence-corrected chi connectivity index (χ4v) is 1.58. The molecule has 0 radical (unpaired) electrons. The Morgan fingerprint density at radius 2 is 2.12 bits per heavy atom. The largest absolute Gasteiger partial charge is 0.393 e. The van der Waals surface area contributed by atoms with Gasteiger partial charge in [0.1, 0.15) is 0 Å². The summed E-state index contributed by atoms with van der Waals surface area (Å²) in [6.07, 6.45) is 4.16. The maximum atomic E-state index is 9.37. The van der Waals surface area contributed by atoms with Gasteiger partial charge in [-0.1, -0.05) is 20.8 Å². The van der Waals surface area contributed by atoms with Crippen LogP contribution in [0.2, 0.25) is 0 Å². The van der Waals surface area contributed by atoms with Crippen LogP contribution in [0.5, 0.6) is 0 Å². The summed E-state index contributed by atoms with van der Waals surface area (Å²) in [5, 5.41) is 21.3. The van der Waals surface area contributed by atoms with Gasteiger partial charge in [0, 0.05) is 13.0 Å². The van der Waals surface area contributed by atoms with Crippen molar-refractivity contribution in [2.45, 2.75) is 59.0 Å². The molecule has 0 fully saturated rings. The summed E-state index contributed by atoms with van der Waals surface area (Å²) < 4.78 is 0. The first-order valence-electron chi connectivity index (χ1n) is 6.27. The Balaban J connectivity index is 3.47. The molecule has 0 aromatic rings. The molecule has 0 amide bonds. The molecule has 0 aromatic heterocycles. The van der Waals surface area contributed by atoms with Crippen molar-refractivity contribution in [3.05, 3.63) is 0 Å². The van der Waals surface area contributed by atoms with E-state index in [0.717, 1.165) is 38.8 Å². The summed E-state index contributed by atoms with van der Waals surface area (Å²) in [6, 6.07) is 2.19. The molecule has 0 aromatic carbocycles. The van der Waals surface area contributed by atoms with Gasteiger partial charge in [-0.3, -0.25) is 0 Å². The van der Waals surface area contributed by atoms with Crippen LogP contribution in [-0.4, -0.2) is 24.3 Å². The van der Waals surface area contributed by atoms with Crippen LogP contribution in [0, 0.1) is 16.7 Å². The van der Waals surface area contributed by atoms with Crippen molar-refractivity contribution >= 4 is 0 Å². The molecule has 0 bridgehead atoms. The number of aliphatic hydroxyl groups is 1. The van der Waals surface area contributed by atoms with E-state index < -0.39 is 0 Å². The summed E-state index contributed by atoms with van der Waals surface area (Å²) in [5.74, 6) is 0. The zero-order chi connectivity index (χ0) is 12.4. The highest BCUT2D eigenvalue weighted by Gasteiger charge is 2.16. The maximum absolute atomic E-state index is 9.37. The average Bonchev–Trinajstić information content (AvgIpc) is 2.25. The summed E-state index contributed by atoms with van der Waals surface area (Å²) in [6.45, 7) is 8.25. The molecule has 0 rings (SSSR count). The van der Waals surface area contributed by atoms with E-state index in [9.17, 15) is 5.11 Å². The number of nitriles is 1. The lowest BCUT2D eigenvalue weighted by Crippen LogP contribution is -2.30. The van der Waals surface area contributed by atoms with Crippen molar-refractivity contribution in [2.24, 2.45) is 5.41 Å². The van der Waals surface area contributed by atoms with Gasteiger partial charge in [0.25, 0.3) is 0 Å². The minimum atomic E-state index is -0.145. The summed E-state index contributed by atoms with van der Waals surface area (Å²) >= 11 is 0. The van der Waals surface area contributed by atoms with E-state index in [-0.39, 0.29) is 11.5 Å². The van der Waals surface area contributed by atoms with Crippen LogP contribution in [-0.2, 0) is 0 Å². The topological polar surface area (TPSA) is 56.0 Å². The van der Waals surface area contributed by atoms with Crippen LogP contribution in [0.15, 0.2) is 0 Å². The molecule has 3 heteroatoms. The first-order valence-corrected chi connectivity index (χ1v) is 6.27. The summed E-state index contributed by atoms with van der Waals surface area (Å²) in [7, 11) is 0. The first kappa shape index (κ1) is 15.4. The minimum Gasteiger partial charge on any atom is -0.393 e. The van der Waals surface area contributed by atoms with Crippen LogP contribution in [0.4, 0.5) is 0 Å². The third kappa shape index (κ3) is 8.70. The van der Waals surface area contributed by atoms with Gasteiger partial charge in [0.05, 0.1) is 12.2 Å². The Labute approximate surface area is 99.9 Å². The second-order valence-electron chi connectivity index (χ2n) is 5.20. The lowest BCUT2D eigenvalue weighted by atomic mass is 9.88. The molecule has 0 spiro atoms. The van der Waals surface area contributed by atoms with Gasteiger partial charge in [-0.15, -0.1) is 0 Å². The predicted molar refractivity (Wildman–Crippen MR) is 67.0 cm³/mol. The second-order valence-corrected chi connectivity index (χ2v) is 5.20. The van der Waals surface area contributed by atoms with Crippen molar-refractivity contribution in [1.82, 2.24) is 5.32 Å². The van der Waals surface area contributed by atoms with Crippen molar-refractivity contribution in [3.8, 4) is 6.07 Å². The number of hydrogen-bond donors (Lipinski definition) is 2. The van der Waals surface area contributed by atoms with Crippen LogP contribution >= 0.6 is 0 Å². The molecule has 0 aliphatic rings. The molecular weight excluding hydrogens is 200 g/mol. The van der Waals surface area contributed by atoms with E-state index in [1.165, 1.54) is 0 Å².